The number of likely N-dealkylation sites (tertiary alicyclic amines) is 1. The molecular formula is C14H25NO4S. The fourth-order valence-electron chi connectivity index (χ4n) is 2.23. The maximum absolute atomic E-state index is 12.5. The molecule has 116 valence electrons. The summed E-state index contributed by atoms with van der Waals surface area (Å²) >= 11 is 0. The first-order valence-corrected chi connectivity index (χ1v) is 8.83. The Kier molecular flexibility index (Phi) is 6.52. The third kappa shape index (κ3) is 4.23. The molecular weight excluding hydrogens is 278 g/mol. The fraction of sp³-hybridized carbons (Fsp3) is 0.786. The van der Waals surface area contributed by atoms with Crippen molar-refractivity contribution in [1.82, 2.24) is 4.90 Å². The highest BCUT2D eigenvalue weighted by atomic mass is 32.2. The van der Waals surface area contributed by atoms with E-state index in [9.17, 15) is 13.2 Å². The quantitative estimate of drug-likeness (QED) is 0.703. The molecule has 1 rings (SSSR count). The number of esters is 1. The van der Waals surface area contributed by atoms with E-state index in [4.69, 9.17) is 4.74 Å². The number of hydrogen-bond acceptors (Lipinski definition) is 5. The minimum absolute atomic E-state index is 0.190. The van der Waals surface area contributed by atoms with Gasteiger partial charge in [-0.05, 0) is 39.5 Å². The number of sulfone groups is 1. The Morgan fingerprint density at radius 3 is 2.35 bits per heavy atom. The number of rotatable bonds is 6. The predicted molar refractivity (Wildman–Crippen MR) is 78.8 cm³/mol. The molecule has 0 radical (unpaired) electrons. The van der Waals surface area contributed by atoms with Gasteiger partial charge in [-0.15, -0.1) is 0 Å². The van der Waals surface area contributed by atoms with Crippen LogP contribution in [0.2, 0.25) is 0 Å². The molecule has 1 heterocycles. The molecule has 1 saturated heterocycles. The van der Waals surface area contributed by atoms with E-state index in [2.05, 4.69) is 0 Å². The summed E-state index contributed by atoms with van der Waals surface area (Å²) in [5, 5.41) is -1.14. The van der Waals surface area contributed by atoms with Crippen molar-refractivity contribution in [2.75, 3.05) is 19.7 Å². The van der Waals surface area contributed by atoms with E-state index in [1.807, 2.05) is 4.90 Å². The summed E-state index contributed by atoms with van der Waals surface area (Å²) in [6.07, 6.45) is 5.46. The molecule has 0 saturated carbocycles. The summed E-state index contributed by atoms with van der Waals surface area (Å²) in [5.41, 5.74) is 0. The van der Waals surface area contributed by atoms with E-state index in [0.29, 0.717) is 11.3 Å². The summed E-state index contributed by atoms with van der Waals surface area (Å²) < 4.78 is 29.7. The first-order chi connectivity index (χ1) is 9.43. The smallest absolute Gasteiger partial charge is 0.324 e. The lowest BCUT2D eigenvalue weighted by atomic mass is 10.1. The van der Waals surface area contributed by atoms with E-state index >= 15 is 0 Å². The number of allylic oxidation sites excluding steroid dienone is 1. The third-order valence-corrected chi connectivity index (χ3v) is 5.76. The predicted octanol–water partition coefficient (Wildman–Crippen LogP) is 2.09. The average molecular weight is 303 g/mol. The lowest BCUT2D eigenvalue weighted by Crippen LogP contribution is -2.32. The Hall–Kier alpha value is -1.04. The summed E-state index contributed by atoms with van der Waals surface area (Å²) in [4.78, 5) is 14.0. The van der Waals surface area contributed by atoms with Crippen LogP contribution in [0.25, 0.3) is 0 Å². The van der Waals surface area contributed by atoms with Crippen molar-refractivity contribution in [1.29, 1.82) is 0 Å². The summed E-state index contributed by atoms with van der Waals surface area (Å²) in [6.45, 7) is 6.81. The van der Waals surface area contributed by atoms with Gasteiger partial charge in [0.15, 0.2) is 15.1 Å². The summed E-state index contributed by atoms with van der Waals surface area (Å²) in [5.74, 6) is -0.675. The number of nitrogens with zero attached hydrogens (tertiary/aromatic N) is 1. The third-order valence-electron chi connectivity index (χ3n) is 3.52. The maximum Gasteiger partial charge on any atom is 0.324 e. The van der Waals surface area contributed by atoms with Crippen LogP contribution in [0, 0.1) is 0 Å². The van der Waals surface area contributed by atoms with Gasteiger partial charge >= 0.3 is 5.97 Å². The molecule has 1 atom stereocenters. The Morgan fingerprint density at radius 1 is 1.25 bits per heavy atom. The monoisotopic (exact) mass is 303 g/mol. The highest BCUT2D eigenvalue weighted by Crippen LogP contribution is 2.20. The Bertz CT molecular complexity index is 450. The van der Waals surface area contributed by atoms with E-state index in [-0.39, 0.29) is 6.61 Å². The van der Waals surface area contributed by atoms with Gasteiger partial charge in [-0.25, -0.2) is 8.42 Å². The normalized spacial score (nSPS) is 18.8. The molecule has 6 heteroatoms. The van der Waals surface area contributed by atoms with Gasteiger partial charge in [-0.2, -0.15) is 0 Å². The second kappa shape index (κ2) is 7.67. The van der Waals surface area contributed by atoms with Crippen molar-refractivity contribution in [3.8, 4) is 0 Å². The number of carbonyl (C=O) groups excluding carboxylic acids is 1. The average Bonchev–Trinajstić information content (AvgIpc) is 2.45. The van der Waals surface area contributed by atoms with Gasteiger partial charge in [-0.1, -0.05) is 6.92 Å². The molecule has 0 spiro atoms. The molecule has 5 nitrogen and oxygen atoms in total. The van der Waals surface area contributed by atoms with Crippen LogP contribution in [0.4, 0.5) is 0 Å². The van der Waals surface area contributed by atoms with Crippen molar-refractivity contribution >= 4 is 15.8 Å². The highest BCUT2D eigenvalue weighted by Gasteiger charge is 2.32. The van der Waals surface area contributed by atoms with Crippen LogP contribution in [0.15, 0.2) is 11.1 Å². The van der Waals surface area contributed by atoms with Crippen LogP contribution in [0.1, 0.15) is 46.5 Å². The summed E-state index contributed by atoms with van der Waals surface area (Å²) in [6, 6.07) is 0. The Morgan fingerprint density at radius 2 is 1.85 bits per heavy atom. The van der Waals surface area contributed by atoms with Gasteiger partial charge in [-0.3, -0.25) is 4.79 Å². The van der Waals surface area contributed by atoms with Gasteiger partial charge < -0.3 is 9.64 Å². The second-order valence-corrected chi connectivity index (χ2v) is 7.31. The van der Waals surface area contributed by atoms with Crippen molar-refractivity contribution in [2.45, 2.75) is 51.7 Å². The zero-order chi connectivity index (χ0) is 15.2. The summed E-state index contributed by atoms with van der Waals surface area (Å²) in [7, 11) is -3.63. The molecule has 0 N–H and O–H groups in total. The Balaban J connectivity index is 2.90. The Labute approximate surface area is 121 Å². The van der Waals surface area contributed by atoms with Crippen LogP contribution in [-0.2, 0) is 19.4 Å². The van der Waals surface area contributed by atoms with Gasteiger partial charge in [0.25, 0.3) is 0 Å². The largest absolute Gasteiger partial charge is 0.465 e. The SMILES string of the molecule is CCOC(=O)C(C)S(=O)(=O)/C(=C/N1CCCCC1)CC. The fourth-order valence-corrected chi connectivity index (χ4v) is 3.70. The van der Waals surface area contributed by atoms with Gasteiger partial charge in [0.1, 0.15) is 0 Å². The lowest BCUT2D eigenvalue weighted by molar-refractivity contribution is -0.142. The van der Waals surface area contributed by atoms with E-state index in [1.165, 1.54) is 13.3 Å². The molecule has 1 unspecified atom stereocenters. The van der Waals surface area contributed by atoms with Crippen LogP contribution in [0.3, 0.4) is 0 Å². The molecule has 0 aliphatic carbocycles. The molecule has 1 fully saturated rings. The second-order valence-electron chi connectivity index (χ2n) is 4.98. The minimum Gasteiger partial charge on any atom is -0.465 e. The standard InChI is InChI=1S/C14H25NO4S/c1-4-13(11-15-9-7-6-8-10-15)20(17,18)12(3)14(16)19-5-2/h11-12H,4-10H2,1-3H3/b13-11+. The number of carbonyl (C=O) groups is 1. The zero-order valence-corrected chi connectivity index (χ0v) is 13.4. The first-order valence-electron chi connectivity index (χ1n) is 7.28. The van der Waals surface area contributed by atoms with E-state index < -0.39 is 21.1 Å². The van der Waals surface area contributed by atoms with Crippen LogP contribution in [0.5, 0.6) is 0 Å². The van der Waals surface area contributed by atoms with Crippen LogP contribution in [-0.4, -0.2) is 44.2 Å². The molecule has 20 heavy (non-hydrogen) atoms. The highest BCUT2D eigenvalue weighted by molar-refractivity contribution is 7.96. The van der Waals surface area contributed by atoms with Crippen molar-refractivity contribution in [3.05, 3.63) is 11.1 Å². The molecule has 0 aromatic heterocycles. The van der Waals surface area contributed by atoms with Gasteiger partial charge in [0.05, 0.1) is 11.5 Å². The lowest BCUT2D eigenvalue weighted by Gasteiger charge is -2.26. The molecule has 0 aromatic carbocycles. The molecule has 0 aromatic rings. The van der Waals surface area contributed by atoms with E-state index in [0.717, 1.165) is 25.9 Å². The van der Waals surface area contributed by atoms with Crippen molar-refractivity contribution in [3.63, 3.8) is 0 Å². The molecule has 0 bridgehead atoms. The zero-order valence-electron chi connectivity index (χ0n) is 12.6. The topological polar surface area (TPSA) is 63.7 Å². The van der Waals surface area contributed by atoms with E-state index in [1.54, 1.807) is 20.0 Å². The number of piperidine rings is 1. The first kappa shape index (κ1) is 17.0. The number of hydrogen-bond donors (Lipinski definition) is 0. The minimum atomic E-state index is -3.63. The van der Waals surface area contributed by atoms with Crippen molar-refractivity contribution in [2.24, 2.45) is 0 Å². The van der Waals surface area contributed by atoms with Crippen molar-refractivity contribution < 1.29 is 17.9 Å². The maximum atomic E-state index is 12.5. The van der Waals surface area contributed by atoms with Crippen LogP contribution < -0.4 is 0 Å². The molecule has 1 aliphatic rings. The molecule has 0 amide bonds. The van der Waals surface area contributed by atoms with Gasteiger partial charge in [0, 0.05) is 19.3 Å². The van der Waals surface area contributed by atoms with Crippen LogP contribution >= 0.6 is 0 Å². The van der Waals surface area contributed by atoms with Gasteiger partial charge in [0.2, 0.25) is 0 Å². The molecule has 1 aliphatic heterocycles. The number of ether oxygens (including phenoxy) is 1.